The SMILES string of the molecule is Cc1ncccc1Nc1cc2nc3ccccc3n(-c3ccc(F)c(F)c3)c-2c/c1=N\C1CC1. The summed E-state index contributed by atoms with van der Waals surface area (Å²) in [5.41, 5.74) is 6.13. The number of rotatable bonds is 4. The number of nitrogens with one attached hydrogen (secondary N) is 1. The molecule has 168 valence electrons. The maximum atomic E-state index is 14.2. The third-order valence-corrected chi connectivity index (χ3v) is 6.00. The van der Waals surface area contributed by atoms with Crippen LogP contribution in [0.1, 0.15) is 18.5 Å². The Labute approximate surface area is 194 Å². The molecule has 1 saturated carbocycles. The molecule has 0 bridgehead atoms. The molecule has 1 aromatic heterocycles. The van der Waals surface area contributed by atoms with Crippen LogP contribution in [0.2, 0.25) is 0 Å². The number of pyridine rings is 1. The fraction of sp³-hybridized carbons (Fsp3) is 0.148. The van der Waals surface area contributed by atoms with Gasteiger partial charge in [0.15, 0.2) is 11.6 Å². The highest BCUT2D eigenvalue weighted by Crippen LogP contribution is 2.32. The van der Waals surface area contributed by atoms with Gasteiger partial charge in [-0.1, -0.05) is 12.1 Å². The number of aromatic nitrogens is 3. The lowest BCUT2D eigenvalue weighted by molar-refractivity contribution is 0.508. The van der Waals surface area contributed by atoms with Gasteiger partial charge in [-0.25, -0.2) is 13.8 Å². The van der Waals surface area contributed by atoms with Crippen molar-refractivity contribution < 1.29 is 8.78 Å². The molecule has 0 unspecified atom stereocenters. The van der Waals surface area contributed by atoms with E-state index in [-0.39, 0.29) is 6.04 Å². The molecule has 2 heterocycles. The molecule has 0 spiro atoms. The van der Waals surface area contributed by atoms with Crippen molar-refractivity contribution in [3.05, 3.63) is 95.6 Å². The molecule has 0 radical (unpaired) electrons. The molecule has 0 amide bonds. The number of benzene rings is 3. The first kappa shape index (κ1) is 20.5. The third kappa shape index (κ3) is 3.69. The summed E-state index contributed by atoms with van der Waals surface area (Å²) in [4.78, 5) is 14.2. The van der Waals surface area contributed by atoms with Crippen molar-refractivity contribution in [2.24, 2.45) is 4.99 Å². The van der Waals surface area contributed by atoms with E-state index in [1.807, 2.05) is 60.0 Å². The maximum absolute atomic E-state index is 14.2. The Morgan fingerprint density at radius 3 is 2.59 bits per heavy atom. The third-order valence-electron chi connectivity index (χ3n) is 6.00. The topological polar surface area (TPSA) is 55.1 Å². The smallest absolute Gasteiger partial charge is 0.160 e. The van der Waals surface area contributed by atoms with Crippen LogP contribution in [0.15, 0.2) is 77.9 Å². The van der Waals surface area contributed by atoms with E-state index in [4.69, 9.17) is 9.98 Å². The molecule has 1 fully saturated rings. The summed E-state index contributed by atoms with van der Waals surface area (Å²) >= 11 is 0. The van der Waals surface area contributed by atoms with Crippen LogP contribution in [0, 0.1) is 18.6 Å². The van der Waals surface area contributed by atoms with Gasteiger partial charge >= 0.3 is 0 Å². The molecule has 1 N–H and O–H groups in total. The highest BCUT2D eigenvalue weighted by Gasteiger charge is 2.22. The number of halogens is 2. The summed E-state index contributed by atoms with van der Waals surface area (Å²) in [6.45, 7) is 1.95. The lowest BCUT2D eigenvalue weighted by atomic mass is 10.1. The van der Waals surface area contributed by atoms with Crippen LogP contribution in [0.25, 0.3) is 28.1 Å². The zero-order valence-electron chi connectivity index (χ0n) is 18.5. The van der Waals surface area contributed by atoms with Crippen molar-refractivity contribution in [3.8, 4) is 17.1 Å². The maximum Gasteiger partial charge on any atom is 0.160 e. The van der Waals surface area contributed by atoms with Crippen LogP contribution in [-0.4, -0.2) is 20.6 Å². The van der Waals surface area contributed by atoms with Gasteiger partial charge in [0.1, 0.15) is 0 Å². The second kappa shape index (κ2) is 8.02. The van der Waals surface area contributed by atoms with Gasteiger partial charge in [-0.15, -0.1) is 0 Å². The fourth-order valence-electron chi connectivity index (χ4n) is 4.11. The van der Waals surface area contributed by atoms with Crippen molar-refractivity contribution in [2.45, 2.75) is 25.8 Å². The summed E-state index contributed by atoms with van der Waals surface area (Å²) in [6, 6.07) is 19.7. The van der Waals surface area contributed by atoms with E-state index in [1.165, 1.54) is 6.07 Å². The Morgan fingerprint density at radius 1 is 0.941 bits per heavy atom. The second-order valence-electron chi connectivity index (χ2n) is 8.51. The molecule has 2 aromatic carbocycles. The lowest BCUT2D eigenvalue weighted by Crippen LogP contribution is -2.16. The van der Waals surface area contributed by atoms with Crippen molar-refractivity contribution in [3.63, 3.8) is 0 Å². The summed E-state index contributed by atoms with van der Waals surface area (Å²) < 4.78 is 29.9. The van der Waals surface area contributed by atoms with Crippen LogP contribution < -0.4 is 10.7 Å². The molecule has 6 rings (SSSR count). The van der Waals surface area contributed by atoms with E-state index in [0.717, 1.165) is 58.1 Å². The largest absolute Gasteiger partial charge is 0.352 e. The number of aryl methyl sites for hydroxylation is 1. The van der Waals surface area contributed by atoms with Gasteiger partial charge < -0.3 is 9.88 Å². The molecule has 34 heavy (non-hydrogen) atoms. The first-order valence-electron chi connectivity index (χ1n) is 11.2. The zero-order chi connectivity index (χ0) is 23.2. The molecule has 1 aliphatic heterocycles. The number of nitrogens with zero attached hydrogens (tertiary/aromatic N) is 4. The monoisotopic (exact) mass is 453 g/mol. The summed E-state index contributed by atoms with van der Waals surface area (Å²) in [5, 5.41) is 4.27. The van der Waals surface area contributed by atoms with Crippen molar-refractivity contribution >= 4 is 22.4 Å². The second-order valence-corrected chi connectivity index (χ2v) is 8.51. The van der Waals surface area contributed by atoms with Crippen LogP contribution in [0.4, 0.5) is 20.2 Å². The molecule has 0 saturated heterocycles. The first-order valence-corrected chi connectivity index (χ1v) is 11.2. The molecule has 5 nitrogen and oxygen atoms in total. The summed E-state index contributed by atoms with van der Waals surface area (Å²) in [6.07, 6.45) is 3.87. The molecule has 2 aliphatic carbocycles. The number of para-hydroxylation sites is 2. The highest BCUT2D eigenvalue weighted by atomic mass is 19.2. The molecule has 3 aromatic rings. The van der Waals surface area contributed by atoms with Gasteiger partial charge in [0.2, 0.25) is 0 Å². The lowest BCUT2D eigenvalue weighted by Gasteiger charge is -2.20. The first-order chi connectivity index (χ1) is 16.6. The number of anilines is 2. The zero-order valence-corrected chi connectivity index (χ0v) is 18.5. The fourth-order valence-corrected chi connectivity index (χ4v) is 4.11. The van der Waals surface area contributed by atoms with Crippen LogP contribution in [0.5, 0.6) is 0 Å². The van der Waals surface area contributed by atoms with Crippen LogP contribution >= 0.6 is 0 Å². The van der Waals surface area contributed by atoms with Gasteiger partial charge in [0, 0.05) is 18.0 Å². The Kier molecular flexibility index (Phi) is 4.83. The minimum atomic E-state index is -0.896. The standard InChI is InChI=1S/C27H21F2N5/c1-16-21(6-4-12-30-16)32-23-14-25-27(15-24(23)31-17-8-9-17)34(18-10-11-19(28)20(29)13-18)26-7-3-2-5-22(26)33-25/h2-7,10-15,17,32H,8-9H2,1H3/b31-24+. The molecule has 3 aliphatic rings. The van der Waals surface area contributed by atoms with E-state index in [0.29, 0.717) is 11.4 Å². The minimum absolute atomic E-state index is 0.290. The van der Waals surface area contributed by atoms with E-state index in [2.05, 4.69) is 10.3 Å². The number of fused-ring (bicyclic) bond motifs is 2. The van der Waals surface area contributed by atoms with Crippen molar-refractivity contribution in [1.29, 1.82) is 0 Å². The number of hydrogen-bond donors (Lipinski definition) is 1. The van der Waals surface area contributed by atoms with E-state index >= 15 is 0 Å². The molecule has 7 heteroatoms. The van der Waals surface area contributed by atoms with Gasteiger partial charge in [0.05, 0.1) is 50.9 Å². The summed E-state index contributed by atoms with van der Waals surface area (Å²) in [5.74, 6) is -1.78. The Bertz CT molecular complexity index is 1590. The Morgan fingerprint density at radius 2 is 1.79 bits per heavy atom. The molecular weight excluding hydrogens is 432 g/mol. The number of hydrogen-bond acceptors (Lipinski definition) is 4. The summed E-state index contributed by atoms with van der Waals surface area (Å²) in [7, 11) is 0. The van der Waals surface area contributed by atoms with Crippen molar-refractivity contribution in [2.75, 3.05) is 5.32 Å². The van der Waals surface area contributed by atoms with Crippen molar-refractivity contribution in [1.82, 2.24) is 14.5 Å². The van der Waals surface area contributed by atoms with E-state index < -0.39 is 11.6 Å². The normalized spacial score (nSPS) is 14.1. The predicted molar refractivity (Wildman–Crippen MR) is 128 cm³/mol. The average Bonchev–Trinajstić information content (AvgIpc) is 3.65. The average molecular weight is 453 g/mol. The van der Waals surface area contributed by atoms with Gasteiger partial charge in [0.25, 0.3) is 0 Å². The Hall–Kier alpha value is -4.13. The minimum Gasteiger partial charge on any atom is -0.352 e. The van der Waals surface area contributed by atoms with E-state index in [1.54, 1.807) is 12.3 Å². The van der Waals surface area contributed by atoms with E-state index in [9.17, 15) is 8.78 Å². The Balaban J connectivity index is 1.65. The van der Waals surface area contributed by atoms with Gasteiger partial charge in [-0.3, -0.25) is 9.98 Å². The highest BCUT2D eigenvalue weighted by molar-refractivity contribution is 5.84. The van der Waals surface area contributed by atoms with Gasteiger partial charge in [-0.05, 0) is 68.3 Å². The molecule has 0 atom stereocenters. The predicted octanol–water partition coefficient (Wildman–Crippen LogP) is 5.92. The van der Waals surface area contributed by atoms with Crippen LogP contribution in [-0.2, 0) is 0 Å². The quantitative estimate of drug-likeness (QED) is 0.344. The van der Waals surface area contributed by atoms with Crippen LogP contribution in [0.3, 0.4) is 0 Å². The molecular formula is C27H21F2N5. The van der Waals surface area contributed by atoms with Gasteiger partial charge in [-0.2, -0.15) is 0 Å².